The highest BCUT2D eigenvalue weighted by Crippen LogP contribution is 2.17. The molecule has 0 amide bonds. The molecule has 1 aromatic carbocycles. The molecule has 0 aliphatic rings. The highest BCUT2D eigenvalue weighted by Gasteiger charge is 2.31. The minimum atomic E-state index is -3.80. The first-order valence-electron chi connectivity index (χ1n) is 8.32. The first kappa shape index (κ1) is 19.3. The van der Waals surface area contributed by atoms with E-state index in [1.807, 2.05) is 20.8 Å². The number of benzene rings is 1. The fourth-order valence-electron chi connectivity index (χ4n) is 2.58. The van der Waals surface area contributed by atoms with Crippen LogP contribution in [0.25, 0.3) is 0 Å². The van der Waals surface area contributed by atoms with Crippen molar-refractivity contribution in [2.24, 2.45) is 5.92 Å². The van der Waals surface area contributed by atoms with Gasteiger partial charge in [0.25, 0.3) is 5.91 Å². The monoisotopic (exact) mass is 363 g/mol. The molecule has 6 nitrogen and oxygen atoms in total. The van der Waals surface area contributed by atoms with Crippen molar-refractivity contribution in [3.05, 3.63) is 47.3 Å². The van der Waals surface area contributed by atoms with Gasteiger partial charge < -0.3 is 0 Å². The molecule has 0 saturated heterocycles. The fourth-order valence-corrected chi connectivity index (χ4v) is 3.88. The van der Waals surface area contributed by atoms with E-state index in [1.54, 1.807) is 44.2 Å². The number of nitrogens with one attached hydrogen (secondary N) is 1. The Kier molecular flexibility index (Phi) is 5.80. The molecule has 2 aromatic rings. The van der Waals surface area contributed by atoms with Gasteiger partial charge in [-0.05, 0) is 44.9 Å². The lowest BCUT2D eigenvalue weighted by Crippen LogP contribution is -2.47. The van der Waals surface area contributed by atoms with Crippen LogP contribution in [0.4, 0.5) is 0 Å². The Morgan fingerprint density at radius 2 is 1.80 bits per heavy atom. The number of aryl methyl sites for hydroxylation is 3. The summed E-state index contributed by atoms with van der Waals surface area (Å²) in [5.74, 6) is -0.535. The van der Waals surface area contributed by atoms with E-state index in [1.165, 1.54) is 4.68 Å². The van der Waals surface area contributed by atoms with Gasteiger partial charge in [-0.1, -0.05) is 38.0 Å². The molecule has 1 heterocycles. The molecule has 0 spiro atoms. The van der Waals surface area contributed by atoms with Gasteiger partial charge in [-0.2, -0.15) is 9.82 Å². The minimum absolute atomic E-state index is 0.146. The molecule has 0 bridgehead atoms. The Bertz CT molecular complexity index is 854. The van der Waals surface area contributed by atoms with Crippen molar-refractivity contribution in [1.29, 1.82) is 0 Å². The van der Waals surface area contributed by atoms with E-state index in [0.29, 0.717) is 12.1 Å². The second-order valence-corrected chi connectivity index (χ2v) is 8.19. The zero-order chi connectivity index (χ0) is 18.8. The van der Waals surface area contributed by atoms with E-state index in [9.17, 15) is 13.2 Å². The molecule has 1 aromatic heterocycles. The van der Waals surface area contributed by atoms with Gasteiger partial charge in [0, 0.05) is 5.69 Å². The summed E-state index contributed by atoms with van der Waals surface area (Å²) in [6, 6.07) is 7.46. The number of carbonyl (C=O) groups is 1. The first-order chi connectivity index (χ1) is 11.7. The highest BCUT2D eigenvalue weighted by atomic mass is 32.2. The molecular weight excluding hydrogens is 338 g/mol. The summed E-state index contributed by atoms with van der Waals surface area (Å²) in [4.78, 5) is 13.1. The molecule has 0 saturated carbocycles. The van der Waals surface area contributed by atoms with Crippen molar-refractivity contribution in [2.75, 3.05) is 0 Å². The summed E-state index contributed by atoms with van der Waals surface area (Å²) in [5.41, 5.74) is 2.37. The Balaban J connectivity index is 2.36. The van der Waals surface area contributed by atoms with Crippen molar-refractivity contribution in [2.45, 2.75) is 52.0 Å². The quantitative estimate of drug-likeness (QED) is 0.856. The third-order valence-electron chi connectivity index (χ3n) is 4.31. The highest BCUT2D eigenvalue weighted by molar-refractivity contribution is 7.89. The van der Waals surface area contributed by atoms with Crippen LogP contribution in [0.5, 0.6) is 0 Å². The number of carbonyl (C=O) groups excluding carboxylic acids is 1. The first-order valence-corrected chi connectivity index (χ1v) is 9.80. The number of rotatable bonds is 6. The van der Waals surface area contributed by atoms with Gasteiger partial charge in [0.05, 0.1) is 10.6 Å². The predicted molar refractivity (Wildman–Crippen MR) is 97.1 cm³/mol. The fraction of sp³-hybridized carbons (Fsp3) is 0.444. The van der Waals surface area contributed by atoms with Crippen LogP contribution in [0.1, 0.15) is 42.0 Å². The van der Waals surface area contributed by atoms with E-state index in [2.05, 4.69) is 9.82 Å². The summed E-state index contributed by atoms with van der Waals surface area (Å²) in [7, 11) is -3.80. The minimum Gasteiger partial charge on any atom is -0.271 e. The predicted octanol–water partition coefficient (Wildman–Crippen LogP) is 2.84. The van der Waals surface area contributed by atoms with E-state index < -0.39 is 16.1 Å². The third kappa shape index (κ3) is 4.35. The second-order valence-electron chi connectivity index (χ2n) is 6.47. The van der Waals surface area contributed by atoms with E-state index in [-0.39, 0.29) is 16.7 Å². The van der Waals surface area contributed by atoms with Crippen LogP contribution in [0.3, 0.4) is 0 Å². The van der Waals surface area contributed by atoms with Gasteiger partial charge in [0.15, 0.2) is 0 Å². The van der Waals surface area contributed by atoms with Gasteiger partial charge in [0.2, 0.25) is 10.0 Å². The molecule has 2 atom stereocenters. The van der Waals surface area contributed by atoms with Crippen LogP contribution in [0, 0.1) is 26.7 Å². The smallest absolute Gasteiger partial charge is 0.265 e. The lowest BCUT2D eigenvalue weighted by atomic mass is 9.99. The molecule has 2 rings (SSSR count). The van der Waals surface area contributed by atoms with E-state index in [0.717, 1.165) is 11.3 Å². The summed E-state index contributed by atoms with van der Waals surface area (Å²) >= 11 is 0. The standard InChI is InChI=1S/C18H25N3O3S/c1-6-13(3)17(18(22)21-15(5)11-14(4)19-21)20-25(23,24)16-9-7-12(2)8-10-16/h7-11,13,17,20H,6H2,1-5H3. The number of hydrogen-bond acceptors (Lipinski definition) is 4. The molecule has 0 aliphatic carbocycles. The SMILES string of the molecule is CCC(C)C(NS(=O)(=O)c1ccc(C)cc1)C(=O)n1nc(C)cc1C. The van der Waals surface area contributed by atoms with Gasteiger partial charge in [-0.3, -0.25) is 4.79 Å². The van der Waals surface area contributed by atoms with Crippen molar-refractivity contribution >= 4 is 15.9 Å². The van der Waals surface area contributed by atoms with Gasteiger partial charge in [-0.15, -0.1) is 0 Å². The zero-order valence-electron chi connectivity index (χ0n) is 15.3. The van der Waals surface area contributed by atoms with Crippen molar-refractivity contribution in [3.63, 3.8) is 0 Å². The summed E-state index contributed by atoms with van der Waals surface area (Å²) in [6.07, 6.45) is 0.659. The molecule has 0 aliphatic heterocycles. The van der Waals surface area contributed by atoms with Gasteiger partial charge in [-0.25, -0.2) is 13.1 Å². The van der Waals surface area contributed by atoms with Crippen LogP contribution in [-0.2, 0) is 10.0 Å². The Morgan fingerprint density at radius 3 is 2.28 bits per heavy atom. The second kappa shape index (κ2) is 7.49. The molecule has 25 heavy (non-hydrogen) atoms. The molecular formula is C18H25N3O3S. The van der Waals surface area contributed by atoms with Crippen molar-refractivity contribution in [3.8, 4) is 0 Å². The number of aromatic nitrogens is 2. The molecule has 136 valence electrons. The van der Waals surface area contributed by atoms with E-state index in [4.69, 9.17) is 0 Å². The normalized spacial score (nSPS) is 14.3. The largest absolute Gasteiger partial charge is 0.271 e. The maximum atomic E-state index is 12.9. The average molecular weight is 363 g/mol. The summed E-state index contributed by atoms with van der Waals surface area (Å²) in [5, 5.41) is 4.19. The lowest BCUT2D eigenvalue weighted by molar-refractivity contribution is 0.0820. The van der Waals surface area contributed by atoms with Crippen molar-refractivity contribution in [1.82, 2.24) is 14.5 Å². The molecule has 0 fully saturated rings. The van der Waals surface area contributed by atoms with Crippen LogP contribution >= 0.6 is 0 Å². The molecule has 0 radical (unpaired) electrons. The average Bonchev–Trinajstić information content (AvgIpc) is 2.90. The topological polar surface area (TPSA) is 81.1 Å². The Hall–Kier alpha value is -1.99. The van der Waals surface area contributed by atoms with Crippen molar-refractivity contribution < 1.29 is 13.2 Å². The summed E-state index contributed by atoms with van der Waals surface area (Å²) in [6.45, 7) is 9.24. The molecule has 1 N–H and O–H groups in total. The Morgan fingerprint density at radius 1 is 1.20 bits per heavy atom. The maximum Gasteiger partial charge on any atom is 0.265 e. The lowest BCUT2D eigenvalue weighted by Gasteiger charge is -2.23. The number of sulfonamides is 1. The van der Waals surface area contributed by atoms with E-state index >= 15 is 0 Å². The summed E-state index contributed by atoms with van der Waals surface area (Å²) < 4.78 is 29.3. The third-order valence-corrected chi connectivity index (χ3v) is 5.77. The van der Waals surface area contributed by atoms with Crippen LogP contribution in [0.15, 0.2) is 35.2 Å². The van der Waals surface area contributed by atoms with Gasteiger partial charge >= 0.3 is 0 Å². The Labute approximate surface area is 149 Å². The number of nitrogens with zero attached hydrogens (tertiary/aromatic N) is 2. The van der Waals surface area contributed by atoms with Gasteiger partial charge in [0.1, 0.15) is 6.04 Å². The zero-order valence-corrected chi connectivity index (χ0v) is 16.1. The number of hydrogen-bond donors (Lipinski definition) is 1. The van der Waals surface area contributed by atoms with Crippen LogP contribution in [-0.4, -0.2) is 30.1 Å². The maximum absolute atomic E-state index is 12.9. The van der Waals surface area contributed by atoms with Crippen LogP contribution in [0.2, 0.25) is 0 Å². The molecule has 2 unspecified atom stereocenters. The van der Waals surface area contributed by atoms with Crippen LogP contribution < -0.4 is 4.72 Å². The molecule has 7 heteroatoms.